The summed E-state index contributed by atoms with van der Waals surface area (Å²) in [6.45, 7) is 1.30. The number of benzene rings is 2. The highest BCUT2D eigenvalue weighted by molar-refractivity contribution is 5.94. The van der Waals surface area contributed by atoms with Gasteiger partial charge in [-0.25, -0.2) is 4.79 Å². The van der Waals surface area contributed by atoms with E-state index in [0.29, 0.717) is 17.3 Å². The Morgan fingerprint density at radius 1 is 1.11 bits per heavy atom. The molecule has 0 unspecified atom stereocenters. The Kier molecular flexibility index (Phi) is 5.95. The average molecular weight is 381 g/mol. The van der Waals surface area contributed by atoms with Gasteiger partial charge in [0.05, 0.1) is 12.8 Å². The fraction of sp³-hybridized carbons (Fsp3) is 0.211. The van der Waals surface area contributed by atoms with Gasteiger partial charge in [-0.2, -0.15) is 4.80 Å². The van der Waals surface area contributed by atoms with Gasteiger partial charge in [0, 0.05) is 5.56 Å². The van der Waals surface area contributed by atoms with Crippen LogP contribution in [-0.2, 0) is 20.9 Å². The molecule has 0 saturated carbocycles. The molecule has 0 aliphatic heterocycles. The number of hydrogen-bond acceptors (Lipinski definition) is 7. The van der Waals surface area contributed by atoms with Gasteiger partial charge in [-0.3, -0.25) is 4.79 Å². The number of nitrogens with zero attached hydrogens (tertiary/aromatic N) is 4. The number of carbonyl (C=O) groups is 2. The third-order valence-electron chi connectivity index (χ3n) is 3.78. The Hall–Kier alpha value is -3.75. The van der Waals surface area contributed by atoms with Crippen LogP contribution >= 0.6 is 0 Å². The van der Waals surface area contributed by atoms with Crippen LogP contribution < -0.4 is 10.1 Å². The number of amides is 1. The Labute approximate surface area is 161 Å². The van der Waals surface area contributed by atoms with Gasteiger partial charge in [-0.05, 0) is 24.3 Å². The van der Waals surface area contributed by atoms with Gasteiger partial charge in [0.25, 0.3) is 5.91 Å². The molecule has 0 radical (unpaired) electrons. The molecule has 144 valence electrons. The molecule has 0 aliphatic carbocycles. The number of carbonyl (C=O) groups excluding carboxylic acids is 2. The minimum atomic E-state index is -0.650. The van der Waals surface area contributed by atoms with Crippen molar-refractivity contribution in [3.05, 3.63) is 54.1 Å². The number of rotatable bonds is 7. The van der Waals surface area contributed by atoms with Crippen LogP contribution in [0, 0.1) is 6.92 Å². The molecule has 0 saturated heterocycles. The molecular formula is C19H19N5O4. The summed E-state index contributed by atoms with van der Waals surface area (Å²) < 4.78 is 10.1. The van der Waals surface area contributed by atoms with Crippen LogP contribution in [0.1, 0.15) is 5.56 Å². The summed E-state index contributed by atoms with van der Waals surface area (Å²) >= 11 is 0. The Morgan fingerprint density at radius 3 is 2.61 bits per heavy atom. The number of nitrogens with one attached hydrogen (secondary N) is 1. The van der Waals surface area contributed by atoms with E-state index in [1.165, 1.54) is 7.11 Å². The van der Waals surface area contributed by atoms with Gasteiger partial charge in [-0.1, -0.05) is 42.0 Å². The monoisotopic (exact) mass is 381 g/mol. The van der Waals surface area contributed by atoms with Crippen LogP contribution in [-0.4, -0.2) is 45.8 Å². The number of anilines is 1. The molecule has 2 aromatic carbocycles. The first-order chi connectivity index (χ1) is 13.5. The maximum absolute atomic E-state index is 12.0. The van der Waals surface area contributed by atoms with Crippen molar-refractivity contribution in [1.82, 2.24) is 20.2 Å². The zero-order chi connectivity index (χ0) is 19.9. The van der Waals surface area contributed by atoms with E-state index in [-0.39, 0.29) is 6.54 Å². The van der Waals surface area contributed by atoms with E-state index in [1.807, 2.05) is 31.2 Å². The van der Waals surface area contributed by atoms with E-state index in [2.05, 4.69) is 20.7 Å². The molecule has 1 heterocycles. The van der Waals surface area contributed by atoms with Gasteiger partial charge in [-0.15, -0.1) is 10.2 Å². The fourth-order valence-electron chi connectivity index (χ4n) is 2.37. The van der Waals surface area contributed by atoms with Gasteiger partial charge in [0.15, 0.2) is 13.2 Å². The molecule has 9 nitrogen and oxygen atoms in total. The first-order valence-electron chi connectivity index (χ1n) is 8.48. The molecule has 0 bridgehead atoms. The third-order valence-corrected chi connectivity index (χ3v) is 3.78. The van der Waals surface area contributed by atoms with Crippen molar-refractivity contribution in [3.63, 3.8) is 0 Å². The summed E-state index contributed by atoms with van der Waals surface area (Å²) in [4.78, 5) is 25.0. The Balaban J connectivity index is 1.50. The van der Waals surface area contributed by atoms with Crippen molar-refractivity contribution in [2.75, 3.05) is 19.0 Å². The number of methoxy groups -OCH3 is 1. The van der Waals surface area contributed by atoms with Crippen LogP contribution in [0.4, 0.5) is 5.69 Å². The van der Waals surface area contributed by atoms with Crippen LogP contribution in [0.25, 0.3) is 11.4 Å². The lowest BCUT2D eigenvalue weighted by Crippen LogP contribution is -2.23. The van der Waals surface area contributed by atoms with E-state index in [9.17, 15) is 9.59 Å². The van der Waals surface area contributed by atoms with Gasteiger partial charge in [0.2, 0.25) is 5.82 Å². The standard InChI is InChI=1S/C19H19N5O4/c1-13-7-9-14(10-8-13)19-21-23-24(22-19)11-18(26)28-12-17(25)20-15-5-3-4-6-16(15)27-2/h3-10H,11-12H2,1-2H3,(H,20,25). The maximum Gasteiger partial charge on any atom is 0.330 e. The highest BCUT2D eigenvalue weighted by Gasteiger charge is 2.13. The molecule has 0 spiro atoms. The lowest BCUT2D eigenvalue weighted by Gasteiger charge is -2.09. The summed E-state index contributed by atoms with van der Waals surface area (Å²) in [5.41, 5.74) is 2.40. The predicted octanol–water partition coefficient (Wildman–Crippen LogP) is 1.84. The largest absolute Gasteiger partial charge is 0.495 e. The van der Waals surface area contributed by atoms with Crippen molar-refractivity contribution in [3.8, 4) is 17.1 Å². The van der Waals surface area contributed by atoms with Crippen LogP contribution in [0.3, 0.4) is 0 Å². The van der Waals surface area contributed by atoms with Crippen LogP contribution in [0.5, 0.6) is 5.75 Å². The zero-order valence-corrected chi connectivity index (χ0v) is 15.5. The third kappa shape index (κ3) is 4.91. The molecule has 0 atom stereocenters. The van der Waals surface area contributed by atoms with Crippen molar-refractivity contribution in [1.29, 1.82) is 0 Å². The van der Waals surface area contributed by atoms with Crippen molar-refractivity contribution < 1.29 is 19.1 Å². The number of para-hydroxylation sites is 2. The highest BCUT2D eigenvalue weighted by Crippen LogP contribution is 2.22. The number of tetrazole rings is 1. The van der Waals surface area contributed by atoms with E-state index in [1.54, 1.807) is 24.3 Å². The average Bonchev–Trinajstić information content (AvgIpc) is 3.16. The number of hydrogen-bond donors (Lipinski definition) is 1. The molecule has 1 N–H and O–H groups in total. The van der Waals surface area contributed by atoms with Crippen LogP contribution in [0.2, 0.25) is 0 Å². The van der Waals surface area contributed by atoms with Crippen molar-refractivity contribution in [2.24, 2.45) is 0 Å². The molecule has 1 amide bonds. The molecule has 0 aliphatic rings. The van der Waals surface area contributed by atoms with Gasteiger partial charge >= 0.3 is 5.97 Å². The SMILES string of the molecule is COc1ccccc1NC(=O)COC(=O)Cn1nnc(-c2ccc(C)cc2)n1. The zero-order valence-electron chi connectivity index (χ0n) is 15.5. The quantitative estimate of drug-likeness (QED) is 0.622. The Bertz CT molecular complexity index is 968. The predicted molar refractivity (Wildman–Crippen MR) is 101 cm³/mol. The molecule has 0 fully saturated rings. The van der Waals surface area contributed by atoms with Gasteiger partial charge in [0.1, 0.15) is 5.75 Å². The number of esters is 1. The molecular weight excluding hydrogens is 362 g/mol. The Morgan fingerprint density at radius 2 is 1.86 bits per heavy atom. The lowest BCUT2D eigenvalue weighted by molar-refractivity contribution is -0.148. The highest BCUT2D eigenvalue weighted by atomic mass is 16.5. The fourth-order valence-corrected chi connectivity index (χ4v) is 2.37. The maximum atomic E-state index is 12.0. The molecule has 3 rings (SSSR count). The molecule has 3 aromatic rings. The van der Waals surface area contributed by atoms with E-state index < -0.39 is 18.5 Å². The smallest absolute Gasteiger partial charge is 0.330 e. The molecule has 1 aromatic heterocycles. The lowest BCUT2D eigenvalue weighted by atomic mass is 10.1. The summed E-state index contributed by atoms with van der Waals surface area (Å²) in [5, 5.41) is 14.5. The summed E-state index contributed by atoms with van der Waals surface area (Å²) in [5.74, 6) is -0.216. The number of aromatic nitrogens is 4. The first-order valence-corrected chi connectivity index (χ1v) is 8.48. The van der Waals surface area contributed by atoms with E-state index >= 15 is 0 Å². The van der Waals surface area contributed by atoms with E-state index in [0.717, 1.165) is 15.9 Å². The summed E-state index contributed by atoms with van der Waals surface area (Å²) in [6.07, 6.45) is 0. The van der Waals surface area contributed by atoms with Crippen molar-refractivity contribution in [2.45, 2.75) is 13.5 Å². The second-order valence-electron chi connectivity index (χ2n) is 5.92. The summed E-state index contributed by atoms with van der Waals surface area (Å²) in [6, 6.07) is 14.6. The second-order valence-corrected chi connectivity index (χ2v) is 5.92. The molecule has 9 heteroatoms. The van der Waals surface area contributed by atoms with Gasteiger partial charge < -0.3 is 14.8 Å². The summed E-state index contributed by atoms with van der Waals surface area (Å²) in [7, 11) is 1.50. The minimum absolute atomic E-state index is 0.249. The molecule has 28 heavy (non-hydrogen) atoms. The normalized spacial score (nSPS) is 10.4. The topological polar surface area (TPSA) is 108 Å². The second kappa shape index (κ2) is 8.76. The minimum Gasteiger partial charge on any atom is -0.495 e. The van der Waals surface area contributed by atoms with Crippen LogP contribution in [0.15, 0.2) is 48.5 Å². The number of aryl methyl sites for hydroxylation is 1. The number of ether oxygens (including phenoxy) is 2. The van der Waals surface area contributed by atoms with Crippen molar-refractivity contribution >= 4 is 17.6 Å². The van der Waals surface area contributed by atoms with E-state index in [4.69, 9.17) is 9.47 Å². The first kappa shape index (κ1) is 19.0.